The molecule has 1 amide bonds. The molecule has 0 atom stereocenters. The van der Waals surface area contributed by atoms with Crippen LogP contribution in [0, 0.1) is 5.92 Å². The van der Waals surface area contributed by atoms with Gasteiger partial charge in [0.15, 0.2) is 5.96 Å². The van der Waals surface area contributed by atoms with Crippen molar-refractivity contribution < 1.29 is 4.79 Å². The van der Waals surface area contributed by atoms with Crippen LogP contribution in [-0.2, 0) is 4.79 Å². The first-order valence-corrected chi connectivity index (χ1v) is 10.0. The van der Waals surface area contributed by atoms with Crippen LogP contribution >= 0.6 is 24.0 Å². The number of likely N-dealkylation sites (tertiary alicyclic amines) is 1. The Morgan fingerprint density at radius 3 is 2.42 bits per heavy atom. The molecular weight excluding hydrogens is 441 g/mol. The van der Waals surface area contributed by atoms with Crippen LogP contribution in [0.1, 0.15) is 51.9 Å². The predicted octanol–water partition coefficient (Wildman–Crippen LogP) is 2.29. The van der Waals surface area contributed by atoms with E-state index in [2.05, 4.69) is 27.4 Å². The van der Waals surface area contributed by atoms with Crippen LogP contribution in [0.2, 0.25) is 0 Å². The van der Waals surface area contributed by atoms with Crippen molar-refractivity contribution in [1.82, 2.24) is 20.4 Å². The maximum atomic E-state index is 11.8. The third-order valence-electron chi connectivity index (χ3n) is 5.39. The molecule has 0 aromatic carbocycles. The molecule has 0 bridgehead atoms. The van der Waals surface area contributed by atoms with Crippen molar-refractivity contribution in [3.63, 3.8) is 0 Å². The van der Waals surface area contributed by atoms with Crippen molar-refractivity contribution in [3.8, 4) is 0 Å². The number of carbonyl (C=O) groups excluding carboxylic acids is 1. The molecule has 152 valence electrons. The van der Waals surface area contributed by atoms with Gasteiger partial charge in [0.25, 0.3) is 0 Å². The number of nitrogens with one attached hydrogen (secondary N) is 2. The number of amides is 1. The number of guanidine groups is 1. The molecule has 1 aliphatic carbocycles. The number of carbonyl (C=O) groups is 1. The lowest BCUT2D eigenvalue weighted by atomic mass is 9.99. The van der Waals surface area contributed by atoms with Gasteiger partial charge in [-0.25, -0.2) is 4.99 Å². The van der Waals surface area contributed by atoms with E-state index in [1.54, 1.807) is 19.0 Å². The van der Waals surface area contributed by atoms with Gasteiger partial charge in [0, 0.05) is 26.7 Å². The number of halogens is 1. The summed E-state index contributed by atoms with van der Waals surface area (Å²) in [6.45, 7) is 7.08. The van der Waals surface area contributed by atoms with Crippen molar-refractivity contribution in [2.45, 2.75) is 57.9 Å². The highest BCUT2D eigenvalue weighted by Crippen LogP contribution is 2.17. The fourth-order valence-corrected chi connectivity index (χ4v) is 3.50. The lowest BCUT2D eigenvalue weighted by molar-refractivity contribution is -0.127. The first-order valence-electron chi connectivity index (χ1n) is 10.0. The van der Waals surface area contributed by atoms with Gasteiger partial charge in [0.05, 0.1) is 0 Å². The minimum atomic E-state index is 0. The van der Waals surface area contributed by atoms with E-state index >= 15 is 0 Å². The normalized spacial score (nSPS) is 19.9. The molecule has 2 aliphatic rings. The third-order valence-corrected chi connectivity index (χ3v) is 5.39. The highest BCUT2D eigenvalue weighted by Gasteiger charge is 2.17. The highest BCUT2D eigenvalue weighted by molar-refractivity contribution is 14.0. The average molecular weight is 479 g/mol. The molecule has 1 aliphatic heterocycles. The van der Waals surface area contributed by atoms with Gasteiger partial charge < -0.3 is 20.4 Å². The lowest BCUT2D eigenvalue weighted by Crippen LogP contribution is -2.44. The van der Waals surface area contributed by atoms with Gasteiger partial charge in [-0.3, -0.25) is 4.79 Å². The molecular formula is C19H38IN5O. The van der Waals surface area contributed by atoms with E-state index in [-0.39, 0.29) is 36.4 Å². The van der Waals surface area contributed by atoms with Crippen LogP contribution in [0.4, 0.5) is 0 Å². The average Bonchev–Trinajstić information content (AvgIpc) is 3.10. The molecule has 0 aromatic rings. The van der Waals surface area contributed by atoms with Crippen molar-refractivity contribution in [1.29, 1.82) is 0 Å². The number of likely N-dealkylation sites (N-methyl/N-ethyl adjacent to an activating group) is 1. The number of nitrogens with zero attached hydrogens (tertiary/aromatic N) is 3. The molecule has 0 spiro atoms. The summed E-state index contributed by atoms with van der Waals surface area (Å²) in [7, 11) is 3.55. The molecule has 0 radical (unpaired) electrons. The molecule has 2 rings (SSSR count). The van der Waals surface area contributed by atoms with Gasteiger partial charge in [-0.15, -0.1) is 24.0 Å². The van der Waals surface area contributed by atoms with Crippen molar-refractivity contribution >= 4 is 35.8 Å². The molecule has 1 heterocycles. The van der Waals surface area contributed by atoms with E-state index in [4.69, 9.17) is 0 Å². The van der Waals surface area contributed by atoms with Gasteiger partial charge in [0.2, 0.25) is 5.91 Å². The van der Waals surface area contributed by atoms with Crippen molar-refractivity contribution in [2.75, 3.05) is 46.8 Å². The van der Waals surface area contributed by atoms with Crippen LogP contribution in [0.15, 0.2) is 4.99 Å². The first kappa shape index (κ1) is 23.5. The van der Waals surface area contributed by atoms with Crippen molar-refractivity contribution in [3.05, 3.63) is 0 Å². The second-order valence-corrected chi connectivity index (χ2v) is 7.88. The number of hydrogen-bond acceptors (Lipinski definition) is 3. The molecule has 2 N–H and O–H groups in total. The maximum absolute atomic E-state index is 11.8. The summed E-state index contributed by atoms with van der Waals surface area (Å²) >= 11 is 0. The summed E-state index contributed by atoms with van der Waals surface area (Å²) in [5.74, 6) is 1.72. The third kappa shape index (κ3) is 8.88. The molecule has 1 saturated carbocycles. The van der Waals surface area contributed by atoms with E-state index in [1.165, 1.54) is 51.6 Å². The Balaban J connectivity index is 0.00000338. The number of rotatable bonds is 7. The summed E-state index contributed by atoms with van der Waals surface area (Å²) in [5.41, 5.74) is 0. The Bertz CT molecular complexity index is 430. The first-order chi connectivity index (χ1) is 12.0. The van der Waals surface area contributed by atoms with Gasteiger partial charge in [-0.1, -0.05) is 19.8 Å². The summed E-state index contributed by atoms with van der Waals surface area (Å²) in [5, 5.41) is 6.94. The van der Waals surface area contributed by atoms with E-state index in [1.807, 2.05) is 0 Å². The summed E-state index contributed by atoms with van der Waals surface area (Å²) in [6.07, 6.45) is 8.75. The van der Waals surface area contributed by atoms with Crippen LogP contribution in [0.3, 0.4) is 0 Å². The van der Waals surface area contributed by atoms with Crippen LogP contribution < -0.4 is 10.6 Å². The zero-order valence-electron chi connectivity index (χ0n) is 16.8. The topological polar surface area (TPSA) is 60.0 Å². The minimum Gasteiger partial charge on any atom is -0.356 e. The van der Waals surface area contributed by atoms with Crippen LogP contribution in [0.25, 0.3) is 0 Å². The van der Waals surface area contributed by atoms with Crippen molar-refractivity contribution in [2.24, 2.45) is 10.9 Å². The van der Waals surface area contributed by atoms with E-state index in [9.17, 15) is 4.79 Å². The number of hydrogen-bond donors (Lipinski definition) is 2. The minimum absolute atomic E-state index is 0. The monoisotopic (exact) mass is 479 g/mol. The Kier molecular flexibility index (Phi) is 11.5. The second kappa shape index (κ2) is 12.8. The highest BCUT2D eigenvalue weighted by atomic mass is 127. The van der Waals surface area contributed by atoms with Crippen LogP contribution in [-0.4, -0.2) is 74.5 Å². The Morgan fingerprint density at radius 1 is 1.15 bits per heavy atom. The number of aliphatic imine (C=N–C) groups is 1. The fourth-order valence-electron chi connectivity index (χ4n) is 3.50. The maximum Gasteiger partial charge on any atom is 0.243 e. The molecule has 7 heteroatoms. The van der Waals surface area contributed by atoms with Gasteiger partial charge >= 0.3 is 0 Å². The molecule has 1 saturated heterocycles. The van der Waals surface area contributed by atoms with E-state index in [0.717, 1.165) is 31.4 Å². The largest absolute Gasteiger partial charge is 0.356 e. The smallest absolute Gasteiger partial charge is 0.243 e. The zero-order chi connectivity index (χ0) is 18.1. The standard InChI is InChI=1S/C19H37N5O.HI/c1-16-9-13-24(14-10-16)12-6-11-20-19(21-15-18(25)23(2)3)22-17-7-4-5-8-17;/h16-17H,4-15H2,1-3H3,(H2,20,21,22);1H. The number of piperidine rings is 1. The Hall–Kier alpha value is -0.570. The summed E-state index contributed by atoms with van der Waals surface area (Å²) in [4.78, 5) is 20.5. The summed E-state index contributed by atoms with van der Waals surface area (Å²) < 4.78 is 0. The van der Waals surface area contributed by atoms with E-state index < -0.39 is 0 Å². The van der Waals surface area contributed by atoms with Gasteiger partial charge in [-0.2, -0.15) is 0 Å². The second-order valence-electron chi connectivity index (χ2n) is 7.88. The lowest BCUT2D eigenvalue weighted by Gasteiger charge is -2.30. The molecule has 0 aromatic heterocycles. The fraction of sp³-hybridized carbons (Fsp3) is 0.895. The van der Waals surface area contributed by atoms with Gasteiger partial charge in [0.1, 0.15) is 6.54 Å². The van der Waals surface area contributed by atoms with Crippen LogP contribution in [0.5, 0.6) is 0 Å². The molecule has 2 fully saturated rings. The quantitative estimate of drug-likeness (QED) is 0.255. The van der Waals surface area contributed by atoms with E-state index in [0.29, 0.717) is 6.04 Å². The Labute approximate surface area is 176 Å². The van der Waals surface area contributed by atoms with Gasteiger partial charge in [-0.05, 0) is 57.7 Å². The molecule has 26 heavy (non-hydrogen) atoms. The SMILES string of the molecule is CC1CCN(CCCNC(=NCC(=O)N(C)C)NC2CCCC2)CC1.I. The molecule has 6 nitrogen and oxygen atoms in total. The zero-order valence-corrected chi connectivity index (χ0v) is 19.1. The Morgan fingerprint density at radius 2 is 1.81 bits per heavy atom. The molecule has 0 unspecified atom stereocenters. The predicted molar refractivity (Wildman–Crippen MR) is 119 cm³/mol. The summed E-state index contributed by atoms with van der Waals surface area (Å²) in [6, 6.07) is 0.504.